The lowest BCUT2D eigenvalue weighted by Gasteiger charge is -2.14. The molecule has 0 aliphatic carbocycles. The maximum Gasteiger partial charge on any atom is 0.237 e. The van der Waals surface area contributed by atoms with Gasteiger partial charge in [0.15, 0.2) is 0 Å². The zero-order valence-corrected chi connectivity index (χ0v) is 10.5. The lowest BCUT2D eigenvalue weighted by atomic mass is 10.0. The van der Waals surface area contributed by atoms with Gasteiger partial charge >= 0.3 is 0 Å². The molecule has 1 atom stereocenters. The quantitative estimate of drug-likeness (QED) is 0.846. The second-order valence-corrected chi connectivity index (χ2v) is 4.69. The SMILES string of the molecule is CC(C)C[C@@H](N)C(=O)NCc1cc(F)ccc1F. The zero-order valence-electron chi connectivity index (χ0n) is 10.5. The first-order valence-corrected chi connectivity index (χ1v) is 5.87. The minimum absolute atomic E-state index is 0.0613. The van der Waals surface area contributed by atoms with E-state index in [1.54, 1.807) is 0 Å². The third-order valence-corrected chi connectivity index (χ3v) is 2.52. The van der Waals surface area contributed by atoms with Gasteiger partial charge in [-0.25, -0.2) is 8.78 Å². The summed E-state index contributed by atoms with van der Waals surface area (Å²) in [7, 11) is 0. The summed E-state index contributed by atoms with van der Waals surface area (Å²) in [4.78, 5) is 11.6. The van der Waals surface area contributed by atoms with Crippen molar-refractivity contribution in [3.8, 4) is 0 Å². The van der Waals surface area contributed by atoms with Gasteiger partial charge in [-0.1, -0.05) is 13.8 Å². The molecule has 3 N–H and O–H groups in total. The van der Waals surface area contributed by atoms with E-state index >= 15 is 0 Å². The van der Waals surface area contributed by atoms with E-state index in [1.165, 1.54) is 0 Å². The molecule has 0 saturated heterocycles. The standard InChI is InChI=1S/C13H18F2N2O/c1-8(2)5-12(16)13(18)17-7-9-6-10(14)3-4-11(9)15/h3-4,6,8,12H,5,7,16H2,1-2H3,(H,17,18)/t12-/m1/s1. The van der Waals surface area contributed by atoms with Crippen molar-refractivity contribution in [3.05, 3.63) is 35.4 Å². The van der Waals surface area contributed by atoms with Crippen molar-refractivity contribution >= 4 is 5.91 Å². The Morgan fingerprint density at radius 1 is 1.39 bits per heavy atom. The van der Waals surface area contributed by atoms with Crippen LogP contribution < -0.4 is 11.1 Å². The average Bonchev–Trinajstić information content (AvgIpc) is 2.29. The van der Waals surface area contributed by atoms with Gasteiger partial charge in [0, 0.05) is 12.1 Å². The number of nitrogens with one attached hydrogen (secondary N) is 1. The molecule has 1 aromatic rings. The fourth-order valence-electron chi connectivity index (χ4n) is 1.61. The van der Waals surface area contributed by atoms with Crippen LogP contribution in [0.15, 0.2) is 18.2 Å². The summed E-state index contributed by atoms with van der Waals surface area (Å²) in [6.07, 6.45) is 0.553. The van der Waals surface area contributed by atoms with Gasteiger partial charge in [-0.2, -0.15) is 0 Å². The average molecular weight is 256 g/mol. The van der Waals surface area contributed by atoms with Crippen LogP contribution >= 0.6 is 0 Å². The Hall–Kier alpha value is -1.49. The van der Waals surface area contributed by atoms with Crippen LogP contribution in [-0.4, -0.2) is 11.9 Å². The monoisotopic (exact) mass is 256 g/mol. The van der Waals surface area contributed by atoms with Crippen LogP contribution in [0, 0.1) is 17.6 Å². The van der Waals surface area contributed by atoms with Gasteiger partial charge in [0.1, 0.15) is 11.6 Å². The van der Waals surface area contributed by atoms with E-state index in [-0.39, 0.29) is 18.0 Å². The molecule has 0 bridgehead atoms. The predicted molar refractivity (Wildman–Crippen MR) is 65.6 cm³/mol. The molecule has 0 unspecified atom stereocenters. The molecular weight excluding hydrogens is 238 g/mol. The van der Waals surface area contributed by atoms with Crippen LogP contribution in [-0.2, 0) is 11.3 Å². The van der Waals surface area contributed by atoms with Crippen LogP contribution in [0.25, 0.3) is 0 Å². The number of benzene rings is 1. The molecule has 0 radical (unpaired) electrons. The van der Waals surface area contributed by atoms with Gasteiger partial charge in [-0.3, -0.25) is 4.79 Å². The molecule has 0 heterocycles. The van der Waals surface area contributed by atoms with Crippen molar-refractivity contribution in [1.29, 1.82) is 0 Å². The molecule has 3 nitrogen and oxygen atoms in total. The molecule has 5 heteroatoms. The second kappa shape index (κ2) is 6.44. The maximum atomic E-state index is 13.3. The van der Waals surface area contributed by atoms with Crippen molar-refractivity contribution < 1.29 is 13.6 Å². The first-order valence-electron chi connectivity index (χ1n) is 5.87. The van der Waals surface area contributed by atoms with Crippen molar-refractivity contribution in [2.75, 3.05) is 0 Å². The van der Waals surface area contributed by atoms with Gasteiger partial charge in [0.25, 0.3) is 0 Å². The minimum Gasteiger partial charge on any atom is -0.351 e. The van der Waals surface area contributed by atoms with Crippen LogP contribution in [0.5, 0.6) is 0 Å². The molecule has 1 rings (SSSR count). The van der Waals surface area contributed by atoms with Gasteiger partial charge in [-0.15, -0.1) is 0 Å². The molecule has 18 heavy (non-hydrogen) atoms. The normalized spacial score (nSPS) is 12.6. The summed E-state index contributed by atoms with van der Waals surface area (Å²) in [6.45, 7) is 3.85. The lowest BCUT2D eigenvalue weighted by Crippen LogP contribution is -2.41. The maximum absolute atomic E-state index is 13.3. The summed E-state index contributed by atoms with van der Waals surface area (Å²) >= 11 is 0. The lowest BCUT2D eigenvalue weighted by molar-refractivity contribution is -0.122. The Labute approximate surface area is 105 Å². The van der Waals surface area contributed by atoms with Gasteiger partial charge in [0.05, 0.1) is 6.04 Å². The molecule has 0 aromatic heterocycles. The minimum atomic E-state index is -0.623. The van der Waals surface area contributed by atoms with Crippen molar-refractivity contribution in [2.45, 2.75) is 32.9 Å². The van der Waals surface area contributed by atoms with Crippen LogP contribution in [0.2, 0.25) is 0 Å². The van der Waals surface area contributed by atoms with Crippen LogP contribution in [0.1, 0.15) is 25.8 Å². The highest BCUT2D eigenvalue weighted by Gasteiger charge is 2.15. The molecule has 1 amide bonds. The van der Waals surface area contributed by atoms with Gasteiger partial charge in [0.2, 0.25) is 5.91 Å². The summed E-state index contributed by atoms with van der Waals surface area (Å²) in [5.41, 5.74) is 5.78. The first kappa shape index (κ1) is 14.6. The fraction of sp³-hybridized carbons (Fsp3) is 0.462. The van der Waals surface area contributed by atoms with E-state index < -0.39 is 17.7 Å². The number of amides is 1. The van der Waals surface area contributed by atoms with Crippen LogP contribution in [0.4, 0.5) is 8.78 Å². The van der Waals surface area contributed by atoms with Crippen molar-refractivity contribution in [2.24, 2.45) is 11.7 Å². The van der Waals surface area contributed by atoms with Crippen LogP contribution in [0.3, 0.4) is 0 Å². The Morgan fingerprint density at radius 2 is 2.06 bits per heavy atom. The summed E-state index contributed by atoms with van der Waals surface area (Å²) in [5.74, 6) is -1.13. The largest absolute Gasteiger partial charge is 0.351 e. The number of carbonyl (C=O) groups excluding carboxylic acids is 1. The van der Waals surface area contributed by atoms with E-state index in [9.17, 15) is 13.6 Å². The highest BCUT2D eigenvalue weighted by molar-refractivity contribution is 5.81. The highest BCUT2D eigenvalue weighted by atomic mass is 19.1. The summed E-state index contributed by atoms with van der Waals surface area (Å²) < 4.78 is 26.2. The molecule has 0 aliphatic rings. The number of carbonyl (C=O) groups is 1. The Kier molecular flexibility index (Phi) is 5.22. The smallest absolute Gasteiger partial charge is 0.237 e. The van der Waals surface area contributed by atoms with Crippen molar-refractivity contribution in [3.63, 3.8) is 0 Å². The third-order valence-electron chi connectivity index (χ3n) is 2.52. The number of nitrogens with two attached hydrogens (primary N) is 1. The van der Waals surface area contributed by atoms with Gasteiger partial charge in [-0.05, 0) is 30.5 Å². The number of hydrogen-bond donors (Lipinski definition) is 2. The van der Waals surface area contributed by atoms with E-state index in [2.05, 4.69) is 5.32 Å². The van der Waals surface area contributed by atoms with E-state index in [0.717, 1.165) is 18.2 Å². The van der Waals surface area contributed by atoms with E-state index in [4.69, 9.17) is 5.73 Å². The summed E-state index contributed by atoms with van der Waals surface area (Å²) in [6, 6.07) is 2.50. The fourth-order valence-corrected chi connectivity index (χ4v) is 1.61. The van der Waals surface area contributed by atoms with E-state index in [1.807, 2.05) is 13.8 Å². The molecule has 0 fully saturated rings. The van der Waals surface area contributed by atoms with E-state index in [0.29, 0.717) is 12.3 Å². The molecule has 0 saturated carbocycles. The van der Waals surface area contributed by atoms with Crippen molar-refractivity contribution in [1.82, 2.24) is 5.32 Å². The Morgan fingerprint density at radius 3 is 2.67 bits per heavy atom. The highest BCUT2D eigenvalue weighted by Crippen LogP contribution is 2.09. The second-order valence-electron chi connectivity index (χ2n) is 4.69. The predicted octanol–water partition coefficient (Wildman–Crippen LogP) is 1.95. The zero-order chi connectivity index (χ0) is 13.7. The number of halogens is 2. The molecule has 1 aromatic carbocycles. The number of hydrogen-bond acceptors (Lipinski definition) is 2. The Balaban J connectivity index is 2.54. The van der Waals surface area contributed by atoms with Gasteiger partial charge < -0.3 is 11.1 Å². The number of rotatable bonds is 5. The molecule has 100 valence electrons. The molecular formula is C13H18F2N2O. The molecule has 0 spiro atoms. The summed E-state index contributed by atoms with van der Waals surface area (Å²) in [5, 5.41) is 2.50. The Bertz CT molecular complexity index is 421. The molecule has 0 aliphatic heterocycles. The topological polar surface area (TPSA) is 55.1 Å². The third kappa shape index (κ3) is 4.41. The first-order chi connectivity index (χ1) is 8.40.